The van der Waals surface area contributed by atoms with Crippen LogP contribution >= 0.6 is 0 Å². The molecule has 154 valence electrons. The number of hydrogen-bond acceptors (Lipinski definition) is 5. The van der Waals surface area contributed by atoms with Gasteiger partial charge in [0.1, 0.15) is 18.9 Å². The van der Waals surface area contributed by atoms with Gasteiger partial charge < -0.3 is 20.1 Å². The molecule has 0 bridgehead atoms. The van der Waals surface area contributed by atoms with Crippen LogP contribution in [-0.4, -0.2) is 49.1 Å². The van der Waals surface area contributed by atoms with Gasteiger partial charge in [-0.05, 0) is 30.5 Å². The molecule has 0 unspecified atom stereocenters. The van der Waals surface area contributed by atoms with E-state index in [1.54, 1.807) is 31.4 Å². The molecule has 0 radical (unpaired) electrons. The fourth-order valence-electron chi connectivity index (χ4n) is 4.19. The van der Waals surface area contributed by atoms with Crippen molar-refractivity contribution >= 4 is 17.9 Å². The first kappa shape index (κ1) is 19.3. The molecule has 0 spiro atoms. The van der Waals surface area contributed by atoms with Crippen molar-refractivity contribution in [3.05, 3.63) is 41.1 Å². The number of esters is 1. The summed E-state index contributed by atoms with van der Waals surface area (Å²) in [4.78, 5) is 39.0. The molecule has 2 aliphatic heterocycles. The highest BCUT2D eigenvalue weighted by Gasteiger charge is 2.42. The zero-order chi connectivity index (χ0) is 20.4. The summed E-state index contributed by atoms with van der Waals surface area (Å²) in [7, 11) is 1.57. The highest BCUT2D eigenvalue weighted by molar-refractivity contribution is 5.98. The van der Waals surface area contributed by atoms with Gasteiger partial charge >= 0.3 is 12.0 Å². The third-order valence-electron chi connectivity index (χ3n) is 5.72. The second kappa shape index (κ2) is 8.14. The van der Waals surface area contributed by atoms with Crippen molar-refractivity contribution in [2.75, 3.05) is 20.3 Å². The van der Waals surface area contributed by atoms with Gasteiger partial charge in [-0.15, -0.1) is 0 Å². The van der Waals surface area contributed by atoms with E-state index in [2.05, 4.69) is 10.6 Å². The number of urea groups is 1. The molecule has 0 saturated heterocycles. The summed E-state index contributed by atoms with van der Waals surface area (Å²) in [5, 5.41) is 5.85. The van der Waals surface area contributed by atoms with E-state index in [-0.39, 0.29) is 25.1 Å². The number of rotatable bonds is 5. The van der Waals surface area contributed by atoms with Gasteiger partial charge in [0.15, 0.2) is 0 Å². The number of nitrogens with one attached hydrogen (secondary N) is 2. The van der Waals surface area contributed by atoms with Gasteiger partial charge in [-0.25, -0.2) is 9.59 Å². The lowest BCUT2D eigenvalue weighted by Gasteiger charge is -2.33. The Bertz CT molecular complexity index is 842. The van der Waals surface area contributed by atoms with Crippen LogP contribution in [0.3, 0.4) is 0 Å². The molecule has 2 heterocycles. The minimum atomic E-state index is -0.615. The second-order valence-corrected chi connectivity index (χ2v) is 7.58. The molecule has 1 fully saturated rings. The highest BCUT2D eigenvalue weighted by Crippen LogP contribution is 2.35. The van der Waals surface area contributed by atoms with Crippen molar-refractivity contribution in [1.82, 2.24) is 15.5 Å². The maximum absolute atomic E-state index is 12.8. The van der Waals surface area contributed by atoms with Crippen molar-refractivity contribution in [1.29, 1.82) is 0 Å². The molecular weight excluding hydrogens is 374 g/mol. The predicted octanol–water partition coefficient (Wildman–Crippen LogP) is 2.02. The van der Waals surface area contributed by atoms with E-state index in [9.17, 15) is 14.4 Å². The molecule has 2 N–H and O–H groups in total. The van der Waals surface area contributed by atoms with Crippen LogP contribution in [0, 0.1) is 0 Å². The first-order valence-corrected chi connectivity index (χ1v) is 9.98. The topological polar surface area (TPSA) is 97.0 Å². The summed E-state index contributed by atoms with van der Waals surface area (Å²) >= 11 is 0. The normalized spacial score (nSPS) is 22.1. The molecule has 3 amide bonds. The number of carbonyl (C=O) groups is 3. The van der Waals surface area contributed by atoms with Crippen molar-refractivity contribution in [3.63, 3.8) is 0 Å². The number of methoxy groups -OCH3 is 1. The number of hydrogen-bond donors (Lipinski definition) is 2. The molecular formula is C21H25N3O5. The van der Waals surface area contributed by atoms with E-state index in [1.165, 1.54) is 11.3 Å². The van der Waals surface area contributed by atoms with Crippen molar-refractivity contribution in [2.24, 2.45) is 0 Å². The van der Waals surface area contributed by atoms with Gasteiger partial charge in [-0.3, -0.25) is 9.69 Å². The van der Waals surface area contributed by atoms with Gasteiger partial charge in [-0.2, -0.15) is 0 Å². The maximum atomic E-state index is 12.8. The van der Waals surface area contributed by atoms with Crippen molar-refractivity contribution in [2.45, 2.75) is 44.2 Å². The third kappa shape index (κ3) is 3.92. The molecule has 4 rings (SSSR count). The Morgan fingerprint density at radius 1 is 1.21 bits per heavy atom. The lowest BCUT2D eigenvalue weighted by atomic mass is 9.95. The highest BCUT2D eigenvalue weighted by atomic mass is 16.5. The molecule has 29 heavy (non-hydrogen) atoms. The Morgan fingerprint density at radius 2 is 1.93 bits per heavy atom. The van der Waals surface area contributed by atoms with Crippen LogP contribution in [0.1, 0.15) is 43.7 Å². The van der Waals surface area contributed by atoms with E-state index in [0.29, 0.717) is 17.0 Å². The third-order valence-corrected chi connectivity index (χ3v) is 5.72. The average Bonchev–Trinajstić information content (AvgIpc) is 3.12. The van der Waals surface area contributed by atoms with Crippen LogP contribution in [0.4, 0.5) is 4.79 Å². The summed E-state index contributed by atoms with van der Waals surface area (Å²) in [6.07, 6.45) is 5.34. The maximum Gasteiger partial charge on any atom is 0.338 e. The monoisotopic (exact) mass is 399 g/mol. The SMILES string of the molecule is COc1ccc([C@H]2NC(=O)N(CC(=O)NC3CCCCC3)C3=C2C(=O)OC3)cc1. The quantitative estimate of drug-likeness (QED) is 0.739. The smallest absolute Gasteiger partial charge is 0.338 e. The molecule has 8 nitrogen and oxygen atoms in total. The van der Waals surface area contributed by atoms with Crippen molar-refractivity contribution < 1.29 is 23.9 Å². The Morgan fingerprint density at radius 3 is 2.62 bits per heavy atom. The van der Waals surface area contributed by atoms with Gasteiger partial charge in [0.05, 0.1) is 24.4 Å². The fraction of sp³-hybridized carbons (Fsp3) is 0.476. The van der Waals surface area contributed by atoms with Crippen LogP contribution < -0.4 is 15.4 Å². The molecule has 1 aromatic carbocycles. The number of cyclic esters (lactones) is 1. The van der Waals surface area contributed by atoms with Crippen LogP contribution in [0.5, 0.6) is 5.75 Å². The molecule has 1 saturated carbocycles. The lowest BCUT2D eigenvalue weighted by Crippen LogP contribution is -2.51. The van der Waals surface area contributed by atoms with E-state index in [4.69, 9.17) is 9.47 Å². The lowest BCUT2D eigenvalue weighted by molar-refractivity contribution is -0.136. The van der Waals surface area contributed by atoms with Crippen LogP contribution in [-0.2, 0) is 14.3 Å². The second-order valence-electron chi connectivity index (χ2n) is 7.58. The number of carbonyl (C=O) groups excluding carboxylic acids is 3. The first-order valence-electron chi connectivity index (χ1n) is 9.98. The van der Waals surface area contributed by atoms with E-state index < -0.39 is 18.0 Å². The van der Waals surface area contributed by atoms with Crippen LogP contribution in [0.25, 0.3) is 0 Å². The Kier molecular flexibility index (Phi) is 5.42. The van der Waals surface area contributed by atoms with E-state index in [1.807, 2.05) is 0 Å². The minimum Gasteiger partial charge on any atom is -0.497 e. The van der Waals surface area contributed by atoms with E-state index >= 15 is 0 Å². The fourth-order valence-corrected chi connectivity index (χ4v) is 4.19. The Balaban J connectivity index is 1.54. The molecule has 1 atom stereocenters. The molecule has 3 aliphatic rings. The number of nitrogens with zero attached hydrogens (tertiary/aromatic N) is 1. The summed E-state index contributed by atoms with van der Waals surface area (Å²) in [5.74, 6) is -0.0141. The molecule has 8 heteroatoms. The first-order chi connectivity index (χ1) is 14.1. The number of ether oxygens (including phenoxy) is 2. The summed E-state index contributed by atoms with van der Waals surface area (Å²) in [5.41, 5.74) is 1.58. The molecule has 1 aromatic rings. The Labute approximate surface area is 169 Å². The summed E-state index contributed by atoms with van der Waals surface area (Å²) in [6, 6.07) is 6.26. The van der Waals surface area contributed by atoms with E-state index in [0.717, 1.165) is 31.2 Å². The largest absolute Gasteiger partial charge is 0.497 e. The average molecular weight is 399 g/mol. The standard InChI is InChI=1S/C21H25N3O5/c1-28-15-9-7-13(8-10-15)19-18-16(12-29-20(18)26)24(21(27)23-19)11-17(25)22-14-5-3-2-4-6-14/h7-10,14,19H,2-6,11-12H2,1H3,(H,22,25)(H,23,27)/t19-/m1/s1. The van der Waals surface area contributed by atoms with Gasteiger partial charge in [0.2, 0.25) is 5.91 Å². The molecule has 1 aliphatic carbocycles. The van der Waals surface area contributed by atoms with Crippen molar-refractivity contribution in [3.8, 4) is 5.75 Å². The van der Waals surface area contributed by atoms with Crippen LogP contribution in [0.15, 0.2) is 35.5 Å². The van der Waals surface area contributed by atoms with Gasteiger partial charge in [-0.1, -0.05) is 31.4 Å². The molecule has 0 aromatic heterocycles. The number of benzene rings is 1. The summed E-state index contributed by atoms with van der Waals surface area (Å²) in [6.45, 7) is -0.141. The van der Waals surface area contributed by atoms with Crippen LogP contribution in [0.2, 0.25) is 0 Å². The van der Waals surface area contributed by atoms with Gasteiger partial charge in [0, 0.05) is 6.04 Å². The Hall–Kier alpha value is -3.03. The van der Waals surface area contributed by atoms with Gasteiger partial charge in [0.25, 0.3) is 0 Å². The predicted molar refractivity (Wildman–Crippen MR) is 104 cm³/mol. The number of amides is 3. The summed E-state index contributed by atoms with van der Waals surface area (Å²) < 4.78 is 10.4. The zero-order valence-electron chi connectivity index (χ0n) is 16.4. The minimum absolute atomic E-state index is 0.00898. The zero-order valence-corrected chi connectivity index (χ0v) is 16.4.